The number of nitrogens with zero attached hydrogens (tertiary/aromatic N) is 7. The number of imidazole rings is 1. The molecule has 0 bridgehead atoms. The van der Waals surface area contributed by atoms with Crippen LogP contribution >= 0.6 is 0 Å². The highest BCUT2D eigenvalue weighted by molar-refractivity contribution is 5.60. The summed E-state index contributed by atoms with van der Waals surface area (Å²) in [5, 5.41) is 14.8. The van der Waals surface area contributed by atoms with Gasteiger partial charge in [0.1, 0.15) is 17.5 Å². The third kappa shape index (κ3) is 3.90. The predicted octanol–water partition coefficient (Wildman–Crippen LogP) is 3.87. The molecule has 0 saturated carbocycles. The number of ether oxygens (including phenoxy) is 1. The predicted molar refractivity (Wildman–Crippen MR) is 136 cm³/mol. The fourth-order valence-corrected chi connectivity index (χ4v) is 4.77. The Bertz CT molecular complexity index is 1640. The van der Waals surface area contributed by atoms with Crippen molar-refractivity contribution in [2.75, 3.05) is 0 Å². The first-order chi connectivity index (χ1) is 18.1. The van der Waals surface area contributed by atoms with Gasteiger partial charge in [0.2, 0.25) is 11.8 Å². The summed E-state index contributed by atoms with van der Waals surface area (Å²) >= 11 is 0. The number of pyridine rings is 2. The molecule has 1 aliphatic heterocycles. The quantitative estimate of drug-likeness (QED) is 0.400. The van der Waals surface area contributed by atoms with Gasteiger partial charge in [-0.15, -0.1) is 0 Å². The zero-order valence-corrected chi connectivity index (χ0v) is 20.0. The van der Waals surface area contributed by atoms with Gasteiger partial charge in [-0.25, -0.2) is 9.67 Å². The number of nitriles is 1. The van der Waals surface area contributed by atoms with Gasteiger partial charge in [-0.1, -0.05) is 18.2 Å². The molecule has 2 N–H and O–H groups in total. The highest BCUT2D eigenvalue weighted by atomic mass is 16.5. The lowest BCUT2D eigenvalue weighted by Gasteiger charge is -2.25. The Morgan fingerprint density at radius 1 is 1.03 bits per heavy atom. The van der Waals surface area contributed by atoms with E-state index in [1.54, 1.807) is 29.5 Å². The summed E-state index contributed by atoms with van der Waals surface area (Å²) in [6.07, 6.45) is 11.3. The molecule has 1 unspecified atom stereocenters. The Morgan fingerprint density at radius 2 is 1.84 bits per heavy atom. The van der Waals surface area contributed by atoms with Gasteiger partial charge in [0, 0.05) is 61.9 Å². The van der Waals surface area contributed by atoms with E-state index in [0.29, 0.717) is 17.9 Å². The molecule has 1 aliphatic rings. The summed E-state index contributed by atoms with van der Waals surface area (Å²) in [5.74, 6) is 1.04. The molecule has 0 amide bonds. The maximum absolute atomic E-state index is 10.1. The lowest BCUT2D eigenvalue weighted by Crippen LogP contribution is -2.22. The van der Waals surface area contributed by atoms with Crippen LogP contribution in [0.3, 0.4) is 0 Å². The van der Waals surface area contributed by atoms with E-state index in [9.17, 15) is 5.26 Å². The highest BCUT2D eigenvalue weighted by Crippen LogP contribution is 2.44. The number of rotatable bonds is 5. The van der Waals surface area contributed by atoms with Gasteiger partial charge in [0.25, 0.3) is 0 Å². The summed E-state index contributed by atoms with van der Waals surface area (Å²) in [6.45, 7) is 0. The van der Waals surface area contributed by atoms with Crippen molar-refractivity contribution in [2.45, 2.75) is 12.3 Å². The van der Waals surface area contributed by atoms with E-state index in [1.165, 1.54) is 0 Å². The van der Waals surface area contributed by atoms with Crippen molar-refractivity contribution >= 4 is 0 Å². The maximum Gasteiger partial charge on any atom is 0.224 e. The van der Waals surface area contributed by atoms with Crippen LogP contribution < -0.4 is 10.5 Å². The zero-order chi connectivity index (χ0) is 25.4. The van der Waals surface area contributed by atoms with E-state index < -0.39 is 5.92 Å². The molecular formula is C28H22N8O. The van der Waals surface area contributed by atoms with Crippen molar-refractivity contribution < 1.29 is 4.74 Å². The molecule has 180 valence electrons. The van der Waals surface area contributed by atoms with Crippen LogP contribution in [0.1, 0.15) is 28.3 Å². The average molecular weight is 487 g/mol. The SMILES string of the molecule is Cn1nc(Cc2cccnc2)c2c1OC(N)=C(C#N)C2c1ccc(-n2ccnc2-c2ccncc2)cc1. The molecule has 0 radical (unpaired) electrons. The van der Waals surface area contributed by atoms with E-state index >= 15 is 0 Å². The molecule has 1 atom stereocenters. The minimum absolute atomic E-state index is 0.0922. The Balaban J connectivity index is 1.42. The second-order valence-corrected chi connectivity index (χ2v) is 8.70. The van der Waals surface area contributed by atoms with Crippen molar-refractivity contribution in [1.82, 2.24) is 29.3 Å². The van der Waals surface area contributed by atoms with E-state index in [0.717, 1.165) is 39.5 Å². The number of allylic oxidation sites excluding steroid dienone is 1. The number of nitrogens with two attached hydrogens (primary N) is 1. The first-order valence-electron chi connectivity index (χ1n) is 11.7. The van der Waals surface area contributed by atoms with Crippen LogP contribution in [0.2, 0.25) is 0 Å². The lowest BCUT2D eigenvalue weighted by molar-refractivity contribution is 0.358. The van der Waals surface area contributed by atoms with E-state index in [4.69, 9.17) is 15.6 Å². The fraction of sp³-hybridized carbons (Fsp3) is 0.107. The van der Waals surface area contributed by atoms with Crippen LogP contribution in [0.25, 0.3) is 17.1 Å². The number of aryl methyl sites for hydroxylation is 1. The van der Waals surface area contributed by atoms with Gasteiger partial charge >= 0.3 is 0 Å². The Labute approximate surface area is 213 Å². The molecular weight excluding hydrogens is 464 g/mol. The average Bonchev–Trinajstić information content (AvgIpc) is 3.54. The molecule has 1 aromatic carbocycles. The van der Waals surface area contributed by atoms with Gasteiger partial charge in [0.05, 0.1) is 17.2 Å². The highest BCUT2D eigenvalue weighted by Gasteiger charge is 2.36. The zero-order valence-electron chi connectivity index (χ0n) is 20.0. The molecule has 4 aromatic heterocycles. The summed E-state index contributed by atoms with van der Waals surface area (Å²) < 4.78 is 9.58. The first-order valence-corrected chi connectivity index (χ1v) is 11.7. The monoisotopic (exact) mass is 486 g/mol. The van der Waals surface area contributed by atoms with Crippen molar-refractivity contribution in [3.05, 3.63) is 120 Å². The third-order valence-corrected chi connectivity index (χ3v) is 6.45. The maximum atomic E-state index is 10.1. The normalized spacial score (nSPS) is 14.6. The molecule has 37 heavy (non-hydrogen) atoms. The molecule has 6 rings (SSSR count). The minimum Gasteiger partial charge on any atom is -0.422 e. The van der Waals surface area contributed by atoms with Crippen LogP contribution in [0.4, 0.5) is 0 Å². The molecule has 5 aromatic rings. The van der Waals surface area contributed by atoms with E-state index in [2.05, 4.69) is 21.0 Å². The Hall–Kier alpha value is -5.23. The molecule has 0 spiro atoms. The fourth-order valence-electron chi connectivity index (χ4n) is 4.77. The van der Waals surface area contributed by atoms with Crippen LogP contribution in [-0.4, -0.2) is 29.3 Å². The number of hydrogen-bond acceptors (Lipinski definition) is 7. The minimum atomic E-state index is -0.411. The van der Waals surface area contributed by atoms with Gasteiger partial charge in [-0.05, 0) is 41.5 Å². The summed E-state index contributed by atoms with van der Waals surface area (Å²) in [4.78, 5) is 12.9. The Morgan fingerprint density at radius 3 is 2.57 bits per heavy atom. The number of fused-ring (bicyclic) bond motifs is 1. The molecule has 0 fully saturated rings. The van der Waals surface area contributed by atoms with Crippen LogP contribution in [-0.2, 0) is 13.5 Å². The standard InChI is InChI=1S/C28H22N8O/c1-35-28-25(23(34-35)15-18-3-2-10-32-17-18)24(22(16-29)26(30)37-28)19-4-6-21(7-5-19)36-14-13-33-27(36)20-8-11-31-12-9-20/h2-14,17,24H,15,30H2,1H3. The molecule has 9 heteroatoms. The van der Waals surface area contributed by atoms with Crippen LogP contribution in [0, 0.1) is 11.3 Å². The van der Waals surface area contributed by atoms with Crippen LogP contribution in [0.5, 0.6) is 5.88 Å². The second kappa shape index (κ2) is 9.09. The second-order valence-electron chi connectivity index (χ2n) is 8.70. The summed E-state index contributed by atoms with van der Waals surface area (Å²) in [5.41, 5.74) is 12.1. The summed E-state index contributed by atoms with van der Waals surface area (Å²) in [7, 11) is 1.82. The molecule has 5 heterocycles. The largest absolute Gasteiger partial charge is 0.422 e. The molecule has 9 nitrogen and oxygen atoms in total. The first kappa shape index (κ1) is 22.2. The molecule has 0 aliphatic carbocycles. The third-order valence-electron chi connectivity index (χ3n) is 6.45. The lowest BCUT2D eigenvalue weighted by atomic mass is 9.83. The number of hydrogen-bond donors (Lipinski definition) is 1. The van der Waals surface area contributed by atoms with E-state index in [-0.39, 0.29) is 5.88 Å². The van der Waals surface area contributed by atoms with Crippen molar-refractivity contribution in [1.29, 1.82) is 5.26 Å². The van der Waals surface area contributed by atoms with Gasteiger partial charge in [-0.2, -0.15) is 10.4 Å². The topological polar surface area (TPSA) is 120 Å². The van der Waals surface area contributed by atoms with Crippen molar-refractivity contribution in [3.63, 3.8) is 0 Å². The van der Waals surface area contributed by atoms with Crippen molar-refractivity contribution in [2.24, 2.45) is 12.8 Å². The van der Waals surface area contributed by atoms with Gasteiger partial charge in [-0.3, -0.25) is 14.5 Å². The van der Waals surface area contributed by atoms with E-state index in [1.807, 2.05) is 72.5 Å². The summed E-state index contributed by atoms with van der Waals surface area (Å²) in [6, 6.07) is 18.1. The van der Waals surface area contributed by atoms with Gasteiger partial charge in [0.15, 0.2) is 0 Å². The van der Waals surface area contributed by atoms with Crippen LogP contribution in [0.15, 0.2) is 97.2 Å². The smallest absolute Gasteiger partial charge is 0.224 e. The van der Waals surface area contributed by atoms with Gasteiger partial charge < -0.3 is 10.5 Å². The number of aromatic nitrogens is 6. The molecule has 0 saturated heterocycles. The number of benzene rings is 1. The van der Waals surface area contributed by atoms with Crippen molar-refractivity contribution in [3.8, 4) is 29.0 Å². The Kier molecular flexibility index (Phi) is 5.47.